The molecule has 1 unspecified atom stereocenters. The molecule has 5 nitrogen and oxygen atoms in total. The molecule has 0 radical (unpaired) electrons. The second kappa shape index (κ2) is 7.76. The summed E-state index contributed by atoms with van der Waals surface area (Å²) in [7, 11) is 0. The maximum atomic E-state index is 13.0. The summed E-state index contributed by atoms with van der Waals surface area (Å²) in [6, 6.07) is 14.0. The van der Waals surface area contributed by atoms with Gasteiger partial charge in [0, 0.05) is 30.9 Å². The van der Waals surface area contributed by atoms with Crippen LogP contribution in [0.2, 0.25) is 0 Å². The highest BCUT2D eigenvalue weighted by atomic mass is 16.2. The highest BCUT2D eigenvalue weighted by Gasteiger charge is 2.30. The van der Waals surface area contributed by atoms with E-state index in [1.807, 2.05) is 36.1 Å². The van der Waals surface area contributed by atoms with E-state index < -0.39 is 0 Å². The largest absolute Gasteiger partial charge is 0.325 e. The van der Waals surface area contributed by atoms with Gasteiger partial charge in [0.05, 0.1) is 6.04 Å². The van der Waals surface area contributed by atoms with E-state index in [4.69, 9.17) is 0 Å². The summed E-state index contributed by atoms with van der Waals surface area (Å²) >= 11 is 0. The second-order valence-electron chi connectivity index (χ2n) is 7.69. The maximum Gasteiger partial charge on any atom is 0.242 e. The van der Waals surface area contributed by atoms with Gasteiger partial charge in [0.1, 0.15) is 0 Å². The SMILES string of the molecule is CCN1Cc2ccccc2CC1C(=O)Nc1ccc(N2CCCC2=O)c(C)c1. The highest BCUT2D eigenvalue weighted by Crippen LogP contribution is 2.28. The molecule has 1 fully saturated rings. The summed E-state index contributed by atoms with van der Waals surface area (Å²) in [6.07, 6.45) is 2.26. The van der Waals surface area contributed by atoms with Gasteiger partial charge in [0.2, 0.25) is 11.8 Å². The van der Waals surface area contributed by atoms with Crippen LogP contribution >= 0.6 is 0 Å². The van der Waals surface area contributed by atoms with Crippen molar-refractivity contribution in [1.29, 1.82) is 0 Å². The topological polar surface area (TPSA) is 52.7 Å². The first-order chi connectivity index (χ1) is 13.6. The number of nitrogens with zero attached hydrogens (tertiary/aromatic N) is 2. The number of carbonyl (C=O) groups is 2. The van der Waals surface area contributed by atoms with Gasteiger partial charge < -0.3 is 10.2 Å². The van der Waals surface area contributed by atoms with Crippen molar-refractivity contribution >= 4 is 23.2 Å². The first-order valence-corrected chi connectivity index (χ1v) is 10.1. The molecule has 5 heteroatoms. The Morgan fingerprint density at radius 3 is 2.64 bits per heavy atom. The molecule has 0 aliphatic carbocycles. The van der Waals surface area contributed by atoms with Crippen LogP contribution in [0.4, 0.5) is 11.4 Å². The minimum Gasteiger partial charge on any atom is -0.325 e. The Morgan fingerprint density at radius 2 is 1.96 bits per heavy atom. The van der Waals surface area contributed by atoms with Crippen LogP contribution in [0.25, 0.3) is 0 Å². The maximum absolute atomic E-state index is 13.0. The highest BCUT2D eigenvalue weighted by molar-refractivity contribution is 5.98. The third-order valence-electron chi connectivity index (χ3n) is 5.88. The zero-order valence-corrected chi connectivity index (χ0v) is 16.6. The van der Waals surface area contributed by atoms with Crippen molar-refractivity contribution in [2.24, 2.45) is 0 Å². The molecule has 2 aromatic carbocycles. The number of nitrogens with one attached hydrogen (secondary N) is 1. The lowest BCUT2D eigenvalue weighted by atomic mass is 9.93. The van der Waals surface area contributed by atoms with Crippen molar-refractivity contribution in [2.45, 2.75) is 45.7 Å². The van der Waals surface area contributed by atoms with E-state index in [0.29, 0.717) is 6.42 Å². The van der Waals surface area contributed by atoms with Gasteiger partial charge in [-0.3, -0.25) is 14.5 Å². The third-order valence-corrected chi connectivity index (χ3v) is 5.88. The molecule has 0 saturated carbocycles. The van der Waals surface area contributed by atoms with Crippen molar-refractivity contribution < 1.29 is 9.59 Å². The zero-order chi connectivity index (χ0) is 19.7. The lowest BCUT2D eigenvalue weighted by Gasteiger charge is -2.35. The molecule has 0 aromatic heterocycles. The van der Waals surface area contributed by atoms with E-state index in [2.05, 4.69) is 35.3 Å². The quantitative estimate of drug-likeness (QED) is 0.887. The molecule has 2 aromatic rings. The first-order valence-electron chi connectivity index (χ1n) is 10.1. The number of likely N-dealkylation sites (N-methyl/N-ethyl adjacent to an activating group) is 1. The molecule has 28 heavy (non-hydrogen) atoms. The fourth-order valence-electron chi connectivity index (χ4n) is 4.33. The predicted molar refractivity (Wildman–Crippen MR) is 111 cm³/mol. The van der Waals surface area contributed by atoms with Gasteiger partial charge in [-0.15, -0.1) is 0 Å². The van der Waals surface area contributed by atoms with Crippen LogP contribution in [0.1, 0.15) is 36.5 Å². The number of rotatable bonds is 4. The second-order valence-corrected chi connectivity index (χ2v) is 7.69. The molecule has 4 rings (SSSR count). The zero-order valence-electron chi connectivity index (χ0n) is 16.6. The molecule has 2 aliphatic heterocycles. The number of hydrogen-bond acceptors (Lipinski definition) is 3. The van der Waals surface area contributed by atoms with Gasteiger partial charge in [-0.05, 0) is 61.2 Å². The summed E-state index contributed by atoms with van der Waals surface area (Å²) in [5.74, 6) is 0.208. The number of amides is 2. The smallest absolute Gasteiger partial charge is 0.242 e. The van der Waals surface area contributed by atoms with Crippen molar-refractivity contribution in [3.8, 4) is 0 Å². The molecule has 2 aliphatic rings. The van der Waals surface area contributed by atoms with Gasteiger partial charge in [-0.25, -0.2) is 0 Å². The summed E-state index contributed by atoms with van der Waals surface area (Å²) in [4.78, 5) is 29.1. The minimum atomic E-state index is -0.167. The Kier molecular flexibility index (Phi) is 5.18. The molecule has 2 heterocycles. The number of anilines is 2. The van der Waals surface area contributed by atoms with Crippen molar-refractivity contribution in [3.63, 3.8) is 0 Å². The Labute approximate surface area is 166 Å². The molecule has 1 N–H and O–H groups in total. The van der Waals surface area contributed by atoms with E-state index >= 15 is 0 Å². The van der Waals surface area contributed by atoms with E-state index in [-0.39, 0.29) is 17.9 Å². The van der Waals surface area contributed by atoms with Gasteiger partial charge in [-0.1, -0.05) is 31.2 Å². The Morgan fingerprint density at radius 1 is 1.18 bits per heavy atom. The van der Waals surface area contributed by atoms with Crippen LogP contribution in [-0.2, 0) is 22.6 Å². The molecule has 2 amide bonds. The lowest BCUT2D eigenvalue weighted by molar-refractivity contribution is -0.121. The van der Waals surface area contributed by atoms with Gasteiger partial charge in [0.15, 0.2) is 0 Å². The molecule has 0 spiro atoms. The number of fused-ring (bicyclic) bond motifs is 1. The van der Waals surface area contributed by atoms with Crippen molar-refractivity contribution in [1.82, 2.24) is 4.90 Å². The van der Waals surface area contributed by atoms with E-state index in [0.717, 1.165) is 49.4 Å². The van der Waals surface area contributed by atoms with E-state index in [9.17, 15) is 9.59 Å². The van der Waals surface area contributed by atoms with E-state index in [1.165, 1.54) is 11.1 Å². The average Bonchev–Trinajstić information content (AvgIpc) is 3.12. The number of carbonyl (C=O) groups excluding carboxylic acids is 2. The summed E-state index contributed by atoms with van der Waals surface area (Å²) in [5.41, 5.74) is 5.31. The Bertz CT molecular complexity index is 908. The Hall–Kier alpha value is -2.66. The molecular weight excluding hydrogens is 350 g/mol. The monoisotopic (exact) mass is 377 g/mol. The molecule has 146 valence electrons. The van der Waals surface area contributed by atoms with Crippen molar-refractivity contribution in [3.05, 3.63) is 59.2 Å². The van der Waals surface area contributed by atoms with Crippen LogP contribution in [0.3, 0.4) is 0 Å². The van der Waals surface area contributed by atoms with Crippen LogP contribution in [0.5, 0.6) is 0 Å². The van der Waals surface area contributed by atoms with Crippen molar-refractivity contribution in [2.75, 3.05) is 23.3 Å². The molecule has 0 bridgehead atoms. The molecule has 1 atom stereocenters. The minimum absolute atomic E-state index is 0.0285. The summed E-state index contributed by atoms with van der Waals surface area (Å²) in [5, 5.41) is 3.09. The standard InChI is InChI=1S/C23H27N3O2/c1-3-25-15-18-8-5-4-7-17(18)14-21(25)23(28)24-19-10-11-20(16(2)13-19)26-12-6-9-22(26)27/h4-5,7-8,10-11,13,21H,3,6,9,12,14-15H2,1-2H3,(H,24,28). The number of hydrogen-bond donors (Lipinski definition) is 1. The number of aryl methyl sites for hydroxylation is 1. The van der Waals surface area contributed by atoms with Gasteiger partial charge in [0.25, 0.3) is 0 Å². The lowest BCUT2D eigenvalue weighted by Crippen LogP contribution is -2.47. The summed E-state index contributed by atoms with van der Waals surface area (Å²) < 4.78 is 0. The fourth-order valence-corrected chi connectivity index (χ4v) is 4.33. The fraction of sp³-hybridized carbons (Fsp3) is 0.391. The molecular formula is C23H27N3O2. The van der Waals surface area contributed by atoms with Crippen LogP contribution in [0.15, 0.2) is 42.5 Å². The molecule has 1 saturated heterocycles. The van der Waals surface area contributed by atoms with E-state index in [1.54, 1.807) is 0 Å². The number of benzene rings is 2. The third kappa shape index (κ3) is 3.54. The predicted octanol–water partition coefficient (Wildman–Crippen LogP) is 3.51. The van der Waals surface area contributed by atoms with Crippen LogP contribution in [0, 0.1) is 6.92 Å². The summed E-state index contributed by atoms with van der Waals surface area (Å²) in [6.45, 7) is 6.51. The Balaban J connectivity index is 1.50. The first kappa shape index (κ1) is 18.7. The van der Waals surface area contributed by atoms with Gasteiger partial charge in [-0.2, -0.15) is 0 Å². The van der Waals surface area contributed by atoms with Gasteiger partial charge >= 0.3 is 0 Å². The van der Waals surface area contributed by atoms with Crippen LogP contribution in [-0.4, -0.2) is 35.8 Å². The normalized spacial score (nSPS) is 19.6. The average molecular weight is 377 g/mol. The van der Waals surface area contributed by atoms with Crippen LogP contribution < -0.4 is 10.2 Å².